The van der Waals surface area contributed by atoms with Crippen LogP contribution in [-0.2, 0) is 4.79 Å². The number of hydrogen-bond donors (Lipinski definition) is 3. The molecule has 1 aliphatic carbocycles. The molecule has 0 aromatic heterocycles. The van der Waals surface area contributed by atoms with Crippen molar-refractivity contribution in [3.05, 3.63) is 77.3 Å². The molecule has 3 aromatic rings. The number of amides is 2. The number of carboxylic acids is 1. The van der Waals surface area contributed by atoms with Crippen LogP contribution in [-0.4, -0.2) is 30.2 Å². The first-order valence-electron chi connectivity index (χ1n) is 13.2. The fourth-order valence-corrected chi connectivity index (χ4v) is 4.95. The molecule has 0 unspecified atom stereocenters. The van der Waals surface area contributed by atoms with Crippen LogP contribution in [0.15, 0.2) is 66.7 Å². The first-order valence-corrected chi connectivity index (χ1v) is 13.5. The lowest BCUT2D eigenvalue weighted by molar-refractivity contribution is -0.138. The summed E-state index contributed by atoms with van der Waals surface area (Å²) in [5, 5.41) is 16.1. The number of carbonyl (C=O) groups excluding carboxylic acids is 1. The van der Waals surface area contributed by atoms with Gasteiger partial charge in [-0.15, -0.1) is 0 Å². The van der Waals surface area contributed by atoms with Gasteiger partial charge in [-0.3, -0.25) is 4.79 Å². The summed E-state index contributed by atoms with van der Waals surface area (Å²) in [6, 6.07) is 20.9. The summed E-state index contributed by atoms with van der Waals surface area (Å²) in [4.78, 5) is 26.9. The van der Waals surface area contributed by atoms with Gasteiger partial charge in [-0.25, -0.2) is 4.79 Å². The van der Waals surface area contributed by atoms with Crippen molar-refractivity contribution >= 4 is 40.7 Å². The topological polar surface area (TPSA) is 81.7 Å². The summed E-state index contributed by atoms with van der Waals surface area (Å²) in [5.74, 6) is -0.267. The molecule has 1 aliphatic rings. The summed E-state index contributed by atoms with van der Waals surface area (Å²) < 4.78 is 0. The van der Waals surface area contributed by atoms with Crippen LogP contribution in [0.2, 0.25) is 5.02 Å². The van der Waals surface area contributed by atoms with Crippen LogP contribution in [0.1, 0.15) is 45.6 Å². The Morgan fingerprint density at radius 3 is 2.00 bits per heavy atom. The van der Waals surface area contributed by atoms with Crippen molar-refractivity contribution in [3.63, 3.8) is 0 Å². The van der Waals surface area contributed by atoms with Crippen molar-refractivity contribution in [2.24, 2.45) is 17.8 Å². The van der Waals surface area contributed by atoms with Crippen molar-refractivity contribution < 1.29 is 14.7 Å². The van der Waals surface area contributed by atoms with Gasteiger partial charge in [0.2, 0.25) is 0 Å². The van der Waals surface area contributed by atoms with Crippen LogP contribution in [0.5, 0.6) is 0 Å². The van der Waals surface area contributed by atoms with E-state index in [9.17, 15) is 14.7 Å². The second-order valence-electron chi connectivity index (χ2n) is 10.9. The maximum absolute atomic E-state index is 13.1. The normalized spacial score (nSPS) is 16.4. The molecule has 1 fully saturated rings. The number of rotatable bonds is 10. The molecule has 7 heteroatoms. The molecule has 3 N–H and O–H groups in total. The molecule has 0 heterocycles. The number of carboxylic acid groups (broad SMARTS) is 1. The fraction of sp³-hybridized carbons (Fsp3) is 0.355. The van der Waals surface area contributed by atoms with E-state index in [0.29, 0.717) is 34.7 Å². The zero-order chi connectivity index (χ0) is 27.4. The summed E-state index contributed by atoms with van der Waals surface area (Å²) in [6.45, 7) is 10.4. The van der Waals surface area contributed by atoms with Crippen LogP contribution in [0.4, 0.5) is 21.9 Å². The van der Waals surface area contributed by atoms with Crippen molar-refractivity contribution in [2.45, 2.75) is 40.0 Å². The highest BCUT2D eigenvalue weighted by Crippen LogP contribution is 2.49. The minimum atomic E-state index is -0.769. The second kappa shape index (κ2) is 11.9. The van der Waals surface area contributed by atoms with Gasteiger partial charge in [0.25, 0.3) is 0 Å². The van der Waals surface area contributed by atoms with E-state index in [-0.39, 0.29) is 17.9 Å². The molecule has 0 radical (unpaired) electrons. The lowest BCUT2D eigenvalue weighted by Crippen LogP contribution is -2.32. The molecule has 0 aliphatic heterocycles. The van der Waals surface area contributed by atoms with E-state index < -0.39 is 5.97 Å². The van der Waals surface area contributed by atoms with E-state index in [1.54, 1.807) is 0 Å². The van der Waals surface area contributed by atoms with E-state index in [1.807, 2.05) is 66.7 Å². The van der Waals surface area contributed by atoms with E-state index in [4.69, 9.17) is 11.6 Å². The first kappa shape index (κ1) is 27.5. The Balaban J connectivity index is 1.54. The minimum absolute atomic E-state index is 0.0192. The van der Waals surface area contributed by atoms with Gasteiger partial charge in [-0.2, -0.15) is 0 Å². The molecule has 2 amide bonds. The highest BCUT2D eigenvalue weighted by atomic mass is 35.5. The number of aliphatic carboxylic acids is 1. The summed E-state index contributed by atoms with van der Waals surface area (Å²) in [5.41, 5.74) is 5.32. The molecule has 0 saturated heterocycles. The maximum atomic E-state index is 13.1. The van der Waals surface area contributed by atoms with Crippen molar-refractivity contribution in [1.29, 1.82) is 0 Å². The Morgan fingerprint density at radius 2 is 1.47 bits per heavy atom. The molecule has 6 nitrogen and oxygen atoms in total. The minimum Gasteiger partial charge on any atom is -0.481 e. The van der Waals surface area contributed by atoms with Crippen molar-refractivity contribution in [1.82, 2.24) is 0 Å². The molecule has 4 rings (SSSR count). The Labute approximate surface area is 230 Å². The van der Waals surface area contributed by atoms with E-state index >= 15 is 0 Å². The van der Waals surface area contributed by atoms with Crippen LogP contribution in [0, 0.1) is 17.8 Å². The van der Waals surface area contributed by atoms with E-state index in [2.05, 4.69) is 43.2 Å². The molecular formula is C31H36ClN3O3. The lowest BCUT2D eigenvalue weighted by Gasteiger charge is -2.30. The molecule has 0 spiro atoms. The van der Waals surface area contributed by atoms with E-state index in [0.717, 1.165) is 35.5 Å². The summed E-state index contributed by atoms with van der Waals surface area (Å²) in [7, 11) is 0. The van der Waals surface area contributed by atoms with Gasteiger partial charge in [-0.1, -0.05) is 69.6 Å². The third-order valence-electron chi connectivity index (χ3n) is 6.64. The Morgan fingerprint density at radius 1 is 0.895 bits per heavy atom. The van der Waals surface area contributed by atoms with E-state index in [1.165, 1.54) is 0 Å². The van der Waals surface area contributed by atoms with Crippen LogP contribution in [0.3, 0.4) is 0 Å². The van der Waals surface area contributed by atoms with Crippen LogP contribution < -0.4 is 15.5 Å². The van der Waals surface area contributed by atoms with Crippen molar-refractivity contribution in [3.8, 4) is 11.1 Å². The summed E-state index contributed by atoms with van der Waals surface area (Å²) in [6.07, 6.45) is 0.627. The smallest absolute Gasteiger partial charge is 0.323 e. The molecular weight excluding hydrogens is 498 g/mol. The molecule has 3 aromatic carbocycles. The largest absolute Gasteiger partial charge is 0.481 e. The maximum Gasteiger partial charge on any atom is 0.323 e. The highest BCUT2D eigenvalue weighted by Gasteiger charge is 2.44. The van der Waals surface area contributed by atoms with Gasteiger partial charge in [0.1, 0.15) is 0 Å². The molecule has 38 heavy (non-hydrogen) atoms. The Bertz CT molecular complexity index is 1260. The quantitative estimate of drug-likeness (QED) is 0.247. The Hall–Kier alpha value is -3.51. The zero-order valence-corrected chi connectivity index (χ0v) is 23.1. The third kappa shape index (κ3) is 7.07. The second-order valence-corrected chi connectivity index (χ2v) is 11.4. The zero-order valence-electron chi connectivity index (χ0n) is 22.4. The first-order chi connectivity index (χ1) is 18.1. The van der Waals surface area contributed by atoms with Gasteiger partial charge in [-0.05, 0) is 77.3 Å². The van der Waals surface area contributed by atoms with Crippen LogP contribution >= 0.6 is 11.6 Å². The number of nitrogens with zero attached hydrogens (tertiary/aromatic N) is 1. The number of carbonyl (C=O) groups is 2. The van der Waals surface area contributed by atoms with Gasteiger partial charge < -0.3 is 20.6 Å². The number of urea groups is 1. The molecule has 1 saturated carbocycles. The average molecular weight is 534 g/mol. The molecule has 2 atom stereocenters. The Kier molecular flexibility index (Phi) is 8.62. The highest BCUT2D eigenvalue weighted by molar-refractivity contribution is 6.30. The fourth-order valence-electron chi connectivity index (χ4n) is 4.82. The number of benzene rings is 3. The third-order valence-corrected chi connectivity index (χ3v) is 6.89. The van der Waals surface area contributed by atoms with Crippen molar-refractivity contribution in [2.75, 3.05) is 28.6 Å². The number of nitrogens with one attached hydrogen (secondary N) is 2. The summed E-state index contributed by atoms with van der Waals surface area (Å²) >= 11 is 6.00. The van der Waals surface area contributed by atoms with Gasteiger partial charge in [0.15, 0.2) is 0 Å². The standard InChI is InChI=1S/C31H36ClN3O3/c1-19(2)17-35(18-20(3)4)29-14-9-23(26-16-27(26)30(36)37)15-28(29)34-31(38)33-25-12-7-22(8-13-25)21-5-10-24(32)11-6-21/h5-15,19-20,26-27H,16-18H2,1-4H3,(H,36,37)(H2,33,34,38)/t26-,27-/m1/s1. The number of hydrogen-bond acceptors (Lipinski definition) is 3. The SMILES string of the molecule is CC(C)CN(CC(C)C)c1ccc([C@H]2C[C@H]2C(=O)O)cc1NC(=O)Nc1ccc(-c2ccc(Cl)cc2)cc1. The lowest BCUT2D eigenvalue weighted by atomic mass is 10.0. The van der Waals surface area contributed by atoms with Gasteiger partial charge in [0.05, 0.1) is 17.3 Å². The molecule has 0 bridgehead atoms. The number of anilines is 3. The predicted molar refractivity (Wildman–Crippen MR) is 156 cm³/mol. The molecule has 200 valence electrons. The van der Waals surface area contributed by atoms with Gasteiger partial charge in [0, 0.05) is 23.8 Å². The number of halogens is 1. The van der Waals surface area contributed by atoms with Crippen LogP contribution in [0.25, 0.3) is 11.1 Å². The predicted octanol–water partition coefficient (Wildman–Crippen LogP) is 7.96. The monoisotopic (exact) mass is 533 g/mol. The van der Waals surface area contributed by atoms with Gasteiger partial charge >= 0.3 is 12.0 Å². The average Bonchev–Trinajstić information content (AvgIpc) is 3.66.